The fraction of sp³-hybridized carbons (Fsp3) is 0.250. The number of carbonyl (C=O) groups excluding carboxylic acids is 1. The van der Waals surface area contributed by atoms with E-state index in [2.05, 4.69) is 4.98 Å². The molecule has 0 unspecified atom stereocenters. The molecule has 0 saturated carbocycles. The quantitative estimate of drug-likeness (QED) is 0.611. The third-order valence-corrected chi connectivity index (χ3v) is 3.87. The lowest BCUT2D eigenvalue weighted by molar-refractivity contribution is 0.0967. The number of hydrogen-bond acceptors (Lipinski definition) is 3. The van der Waals surface area contributed by atoms with Gasteiger partial charge in [0, 0.05) is 23.8 Å². The zero-order chi connectivity index (χ0) is 13.0. The van der Waals surface area contributed by atoms with Crippen LogP contribution in [0.2, 0.25) is 0 Å². The van der Waals surface area contributed by atoms with Crippen molar-refractivity contribution in [2.75, 3.05) is 0 Å². The van der Waals surface area contributed by atoms with Crippen LogP contribution in [0, 0.1) is 6.92 Å². The molecule has 0 amide bonds. The Morgan fingerprint density at radius 2 is 2.00 bits per heavy atom. The third-order valence-electron chi connectivity index (χ3n) is 3.87. The van der Waals surface area contributed by atoms with E-state index in [-0.39, 0.29) is 5.78 Å². The maximum absolute atomic E-state index is 12.3. The van der Waals surface area contributed by atoms with E-state index in [1.807, 2.05) is 31.2 Å². The monoisotopic (exact) mass is 251 g/mol. The Balaban J connectivity index is 2.23. The SMILES string of the molecule is Cc1oc2c(c3c4ccccc4nc1-3)C(=O)CCC2. The molecule has 0 saturated heterocycles. The van der Waals surface area contributed by atoms with E-state index in [4.69, 9.17) is 4.42 Å². The Labute approximate surface area is 110 Å². The Morgan fingerprint density at radius 3 is 2.89 bits per heavy atom. The van der Waals surface area contributed by atoms with Gasteiger partial charge in [-0.1, -0.05) is 18.2 Å². The maximum Gasteiger partial charge on any atom is 0.166 e. The fourth-order valence-corrected chi connectivity index (χ4v) is 3.02. The van der Waals surface area contributed by atoms with Crippen molar-refractivity contribution in [3.05, 3.63) is 41.3 Å². The van der Waals surface area contributed by atoms with Gasteiger partial charge in [0.15, 0.2) is 5.78 Å². The Morgan fingerprint density at radius 1 is 1.16 bits per heavy atom. The minimum atomic E-state index is 0.188. The highest BCUT2D eigenvalue weighted by atomic mass is 16.3. The van der Waals surface area contributed by atoms with Gasteiger partial charge in [-0.2, -0.15) is 0 Å². The molecular formula is C16H13NO2. The summed E-state index contributed by atoms with van der Waals surface area (Å²) >= 11 is 0. The van der Waals surface area contributed by atoms with Crippen molar-refractivity contribution in [3.8, 4) is 11.3 Å². The van der Waals surface area contributed by atoms with Crippen molar-refractivity contribution in [1.82, 2.24) is 4.98 Å². The summed E-state index contributed by atoms with van der Waals surface area (Å²) in [6.07, 6.45) is 2.34. The van der Waals surface area contributed by atoms with Crippen molar-refractivity contribution < 1.29 is 9.21 Å². The van der Waals surface area contributed by atoms with Crippen molar-refractivity contribution in [2.45, 2.75) is 26.2 Å². The highest BCUT2D eigenvalue weighted by molar-refractivity contribution is 6.11. The Hall–Kier alpha value is -2.16. The van der Waals surface area contributed by atoms with Gasteiger partial charge in [0.1, 0.15) is 17.2 Å². The molecular weight excluding hydrogens is 238 g/mol. The second-order valence-electron chi connectivity index (χ2n) is 5.09. The molecule has 1 aliphatic carbocycles. The van der Waals surface area contributed by atoms with Crippen LogP contribution in [0.3, 0.4) is 0 Å². The minimum absolute atomic E-state index is 0.188. The number of Topliss-reactive ketones (excluding diaryl/α,β-unsaturated/α-hetero) is 1. The van der Waals surface area contributed by atoms with E-state index in [9.17, 15) is 4.79 Å². The summed E-state index contributed by atoms with van der Waals surface area (Å²) < 4.78 is 5.83. The van der Waals surface area contributed by atoms with Crippen LogP contribution in [0.1, 0.15) is 34.7 Å². The van der Waals surface area contributed by atoms with E-state index in [1.54, 1.807) is 0 Å². The predicted molar refractivity (Wildman–Crippen MR) is 72.6 cm³/mol. The van der Waals surface area contributed by atoms with Crippen molar-refractivity contribution >= 4 is 16.7 Å². The zero-order valence-electron chi connectivity index (χ0n) is 10.7. The summed E-state index contributed by atoms with van der Waals surface area (Å²) in [6.45, 7) is 1.92. The van der Waals surface area contributed by atoms with E-state index < -0.39 is 0 Å². The lowest BCUT2D eigenvalue weighted by Gasteiger charge is -2.18. The molecule has 0 aromatic heterocycles. The molecule has 0 N–H and O–H groups in total. The number of nitrogens with zero attached hydrogens (tertiary/aromatic N) is 1. The van der Waals surface area contributed by atoms with E-state index in [0.717, 1.165) is 52.1 Å². The summed E-state index contributed by atoms with van der Waals surface area (Å²) in [6, 6.07) is 7.97. The number of rotatable bonds is 0. The number of aryl methyl sites for hydroxylation is 2. The number of para-hydroxylation sites is 1. The van der Waals surface area contributed by atoms with E-state index in [1.165, 1.54) is 0 Å². The van der Waals surface area contributed by atoms with Crippen LogP contribution in [-0.2, 0) is 6.42 Å². The second-order valence-corrected chi connectivity index (χ2v) is 5.09. The molecule has 0 bridgehead atoms. The molecule has 2 aliphatic heterocycles. The first kappa shape index (κ1) is 10.7. The van der Waals surface area contributed by atoms with Gasteiger partial charge in [-0.15, -0.1) is 0 Å². The number of hydrogen-bond donors (Lipinski definition) is 0. The van der Waals surface area contributed by atoms with Crippen molar-refractivity contribution in [3.63, 3.8) is 0 Å². The average molecular weight is 251 g/mol. The predicted octanol–water partition coefficient (Wildman–Crippen LogP) is 3.76. The van der Waals surface area contributed by atoms with Crippen LogP contribution in [0.25, 0.3) is 22.2 Å². The van der Waals surface area contributed by atoms with Crippen LogP contribution in [0.4, 0.5) is 0 Å². The molecule has 0 fully saturated rings. The first-order valence-corrected chi connectivity index (χ1v) is 6.59. The van der Waals surface area contributed by atoms with Gasteiger partial charge in [0.05, 0.1) is 11.1 Å². The van der Waals surface area contributed by atoms with E-state index >= 15 is 0 Å². The van der Waals surface area contributed by atoms with Crippen molar-refractivity contribution in [1.29, 1.82) is 0 Å². The molecule has 0 spiro atoms. The molecule has 4 rings (SSSR count). The van der Waals surface area contributed by atoms with E-state index in [0.29, 0.717) is 6.42 Å². The number of fused-ring (bicyclic) bond motifs is 5. The van der Waals surface area contributed by atoms with Crippen molar-refractivity contribution in [2.24, 2.45) is 0 Å². The van der Waals surface area contributed by atoms with Crippen LogP contribution < -0.4 is 0 Å². The largest absolute Gasteiger partial charge is 0.463 e. The second kappa shape index (κ2) is 3.67. The highest BCUT2D eigenvalue weighted by Gasteiger charge is 2.29. The molecule has 2 heterocycles. The maximum atomic E-state index is 12.3. The number of carbonyl (C=O) groups is 1. The van der Waals surface area contributed by atoms with Crippen LogP contribution in [0.5, 0.6) is 0 Å². The van der Waals surface area contributed by atoms with Gasteiger partial charge in [-0.25, -0.2) is 4.98 Å². The molecule has 3 aliphatic rings. The summed E-state index contributed by atoms with van der Waals surface area (Å²) in [7, 11) is 0. The summed E-state index contributed by atoms with van der Waals surface area (Å²) in [5.74, 6) is 1.83. The number of aromatic nitrogens is 1. The lowest BCUT2D eigenvalue weighted by atomic mass is 9.89. The van der Waals surface area contributed by atoms with Crippen LogP contribution >= 0.6 is 0 Å². The summed E-state index contributed by atoms with van der Waals surface area (Å²) in [5.41, 5.74) is 3.51. The highest BCUT2D eigenvalue weighted by Crippen LogP contribution is 2.40. The number of benzene rings is 1. The molecule has 1 aromatic carbocycles. The molecule has 0 atom stereocenters. The molecule has 3 heteroatoms. The van der Waals surface area contributed by atoms with Gasteiger partial charge >= 0.3 is 0 Å². The molecule has 3 nitrogen and oxygen atoms in total. The normalized spacial score (nSPS) is 15.1. The molecule has 1 aromatic rings. The van der Waals surface area contributed by atoms with Gasteiger partial charge in [0.25, 0.3) is 0 Å². The van der Waals surface area contributed by atoms with Gasteiger partial charge < -0.3 is 4.42 Å². The zero-order valence-corrected chi connectivity index (χ0v) is 10.7. The van der Waals surface area contributed by atoms with Gasteiger partial charge in [-0.3, -0.25) is 4.79 Å². The topological polar surface area (TPSA) is 43.1 Å². The average Bonchev–Trinajstić information content (AvgIpc) is 2.79. The van der Waals surface area contributed by atoms with Gasteiger partial charge in [-0.05, 0) is 19.4 Å². The third kappa shape index (κ3) is 1.38. The van der Waals surface area contributed by atoms with Crippen LogP contribution in [0.15, 0.2) is 28.7 Å². The van der Waals surface area contributed by atoms with Crippen LogP contribution in [-0.4, -0.2) is 10.8 Å². The molecule has 0 radical (unpaired) electrons. The first-order chi connectivity index (χ1) is 9.25. The van der Waals surface area contributed by atoms with Gasteiger partial charge in [0.2, 0.25) is 0 Å². The Bertz CT molecular complexity index is 785. The Kier molecular flexibility index (Phi) is 2.07. The smallest absolute Gasteiger partial charge is 0.166 e. The summed E-state index contributed by atoms with van der Waals surface area (Å²) in [5, 5.41) is 1.06. The fourth-order valence-electron chi connectivity index (χ4n) is 3.02. The lowest BCUT2D eigenvalue weighted by Crippen LogP contribution is -2.13. The number of ketones is 1. The molecule has 94 valence electrons. The standard InChI is InChI=1S/C16H13NO2/c1-9-16-14(10-5-2-3-6-11(10)17-16)15-12(18)7-4-8-13(15)19-9/h2-3,5-6H,4,7-8H2,1H3. The first-order valence-electron chi connectivity index (χ1n) is 6.59. The minimum Gasteiger partial charge on any atom is -0.463 e. The molecule has 19 heavy (non-hydrogen) atoms. The summed E-state index contributed by atoms with van der Waals surface area (Å²) in [4.78, 5) is 16.9.